The number of aliphatic hydroxyl groups excluding tert-OH is 1. The lowest BCUT2D eigenvalue weighted by atomic mass is 10.00. The molecule has 9 nitrogen and oxygen atoms in total. The number of carbonyl (C=O) groups excluding carboxylic acids is 2. The van der Waals surface area contributed by atoms with Gasteiger partial charge in [0.25, 0.3) is 0 Å². The van der Waals surface area contributed by atoms with Crippen LogP contribution in [0.4, 0.5) is 13.6 Å². The van der Waals surface area contributed by atoms with Crippen molar-refractivity contribution in [1.82, 2.24) is 16.0 Å². The number of benzene rings is 2. The first kappa shape index (κ1) is 38.1. The maximum Gasteiger partial charge on any atom is 0.408 e. The Morgan fingerprint density at radius 2 is 1.53 bits per heavy atom. The number of hydrogen-bond donors (Lipinski definition) is 4. The van der Waals surface area contributed by atoms with Crippen LogP contribution in [0.3, 0.4) is 0 Å². The van der Waals surface area contributed by atoms with Crippen molar-refractivity contribution in [3.8, 4) is 0 Å². The molecule has 2 aromatic carbocycles. The Morgan fingerprint density at radius 1 is 0.911 bits per heavy atom. The van der Waals surface area contributed by atoms with Gasteiger partial charge in [0.1, 0.15) is 24.3 Å². The predicted molar refractivity (Wildman–Crippen MR) is 171 cm³/mol. The van der Waals surface area contributed by atoms with Gasteiger partial charge in [-0.15, -0.1) is 0 Å². The molecule has 252 valence electrons. The number of carbonyl (C=O) groups is 2. The summed E-state index contributed by atoms with van der Waals surface area (Å²) in [6, 6.07) is 9.14. The first-order valence-electron chi connectivity index (χ1n) is 15.7. The lowest BCUT2D eigenvalue weighted by Gasteiger charge is -2.28. The molecule has 0 radical (unpaired) electrons. The summed E-state index contributed by atoms with van der Waals surface area (Å²) in [5.74, 6) is -2.77. The largest absolute Gasteiger partial charge is 0.445 e. The molecule has 0 bridgehead atoms. The van der Waals surface area contributed by atoms with E-state index in [9.17, 15) is 31.9 Å². The van der Waals surface area contributed by atoms with Gasteiger partial charge in [0, 0.05) is 12.6 Å². The van der Waals surface area contributed by atoms with Gasteiger partial charge in [-0.2, -0.15) is 0 Å². The summed E-state index contributed by atoms with van der Waals surface area (Å²) in [7, 11) is -3.86. The molecule has 3 atom stereocenters. The van der Waals surface area contributed by atoms with Gasteiger partial charge in [-0.3, -0.25) is 4.79 Å². The Morgan fingerprint density at radius 3 is 2.11 bits per heavy atom. The summed E-state index contributed by atoms with van der Waals surface area (Å²) >= 11 is 0. The Kier molecular flexibility index (Phi) is 16.4. The van der Waals surface area contributed by atoms with E-state index >= 15 is 0 Å². The minimum Gasteiger partial charge on any atom is -0.445 e. The predicted octanol–water partition coefficient (Wildman–Crippen LogP) is 4.67. The fraction of sp³-hybridized carbons (Fsp3) is 0.576. The molecule has 0 aliphatic rings. The Balaban J connectivity index is 2.32. The lowest BCUT2D eigenvalue weighted by Crippen LogP contribution is -2.57. The monoisotopic (exact) mass is 653 g/mol. The van der Waals surface area contributed by atoms with Crippen LogP contribution in [0.2, 0.25) is 0 Å². The maximum atomic E-state index is 14.0. The van der Waals surface area contributed by atoms with E-state index in [4.69, 9.17) is 4.74 Å². The number of aliphatic hydroxyl groups is 1. The number of alkyl carbamates (subject to hydrolysis) is 1. The zero-order valence-electron chi connectivity index (χ0n) is 26.7. The zero-order chi connectivity index (χ0) is 33.4. The second-order valence-corrected chi connectivity index (χ2v) is 14.2. The van der Waals surface area contributed by atoms with Gasteiger partial charge in [0.05, 0.1) is 23.1 Å². The number of sulfone groups is 1. The van der Waals surface area contributed by atoms with Crippen LogP contribution in [0, 0.1) is 17.6 Å². The second kappa shape index (κ2) is 19.4. The fourth-order valence-electron chi connectivity index (χ4n) is 4.94. The van der Waals surface area contributed by atoms with Gasteiger partial charge in [0.15, 0.2) is 9.84 Å². The molecule has 12 heteroatoms. The normalized spacial score (nSPS) is 13.8. The van der Waals surface area contributed by atoms with Crippen LogP contribution in [-0.2, 0) is 32.4 Å². The highest BCUT2D eigenvalue weighted by molar-refractivity contribution is 7.92. The van der Waals surface area contributed by atoms with Crippen LogP contribution in [0.5, 0.6) is 0 Å². The first-order chi connectivity index (χ1) is 21.3. The van der Waals surface area contributed by atoms with Crippen LogP contribution in [0.25, 0.3) is 0 Å². The molecule has 0 aliphatic heterocycles. The highest BCUT2D eigenvalue weighted by Gasteiger charge is 2.34. The molecule has 0 fully saturated rings. The summed E-state index contributed by atoms with van der Waals surface area (Å²) < 4.78 is 60.2. The highest BCUT2D eigenvalue weighted by Crippen LogP contribution is 2.18. The zero-order valence-corrected chi connectivity index (χ0v) is 27.5. The number of hydrogen-bond acceptors (Lipinski definition) is 7. The van der Waals surface area contributed by atoms with E-state index in [1.54, 1.807) is 30.3 Å². The summed E-state index contributed by atoms with van der Waals surface area (Å²) in [5.41, 5.74) is 0.882. The van der Waals surface area contributed by atoms with E-state index in [1.807, 2.05) is 13.8 Å². The molecule has 0 saturated carbocycles. The van der Waals surface area contributed by atoms with Crippen molar-refractivity contribution in [2.24, 2.45) is 5.92 Å². The molecular weight excluding hydrogens is 604 g/mol. The van der Waals surface area contributed by atoms with Gasteiger partial charge in [0.2, 0.25) is 5.91 Å². The number of nitrogens with one attached hydrogen (secondary N) is 3. The van der Waals surface area contributed by atoms with Crippen molar-refractivity contribution >= 4 is 21.8 Å². The molecule has 2 aromatic rings. The minimum atomic E-state index is -3.86. The Bertz CT molecular complexity index is 1270. The number of ether oxygens (including phenoxy) is 1. The molecular formula is C33H49F2N3O6S. The smallest absolute Gasteiger partial charge is 0.408 e. The van der Waals surface area contributed by atoms with Crippen molar-refractivity contribution in [3.63, 3.8) is 0 Å². The van der Waals surface area contributed by atoms with E-state index in [0.717, 1.165) is 24.6 Å². The molecule has 0 heterocycles. The van der Waals surface area contributed by atoms with Crippen LogP contribution in [0.1, 0.15) is 70.9 Å². The topological polar surface area (TPSA) is 134 Å². The quantitative estimate of drug-likeness (QED) is 0.153. The third-order valence-electron chi connectivity index (χ3n) is 7.37. The van der Waals surface area contributed by atoms with Crippen LogP contribution >= 0.6 is 0 Å². The summed E-state index contributed by atoms with van der Waals surface area (Å²) in [6.07, 6.45) is 0.531. The van der Waals surface area contributed by atoms with E-state index in [1.165, 1.54) is 0 Å². The molecule has 0 unspecified atom stereocenters. The Hall–Kier alpha value is -3.09. The molecule has 0 aliphatic carbocycles. The summed E-state index contributed by atoms with van der Waals surface area (Å²) in [4.78, 5) is 26.5. The molecule has 45 heavy (non-hydrogen) atoms. The van der Waals surface area contributed by atoms with Crippen LogP contribution in [0.15, 0.2) is 48.5 Å². The number of halogens is 2. The van der Waals surface area contributed by atoms with Crippen LogP contribution in [-0.4, -0.2) is 67.8 Å². The van der Waals surface area contributed by atoms with Crippen molar-refractivity contribution in [2.45, 2.75) is 96.3 Å². The average Bonchev–Trinajstić information content (AvgIpc) is 2.97. The third-order valence-corrected chi connectivity index (χ3v) is 9.66. The van der Waals surface area contributed by atoms with E-state index in [2.05, 4.69) is 29.8 Å². The average molecular weight is 654 g/mol. The van der Waals surface area contributed by atoms with Gasteiger partial charge in [-0.05, 0) is 61.4 Å². The Labute approximate surface area is 266 Å². The molecule has 0 aromatic heterocycles. The van der Waals surface area contributed by atoms with Crippen LogP contribution < -0.4 is 16.0 Å². The standard InChI is InChI=1S/C33H49F2N3O6S/c1-5-10-28(11-6-2)45(42,43)22-30(38-33(41)44-21-24-12-8-7-9-13-24)32(40)37-29(31(39)20-36-15-14-23(3)4)18-25-16-26(34)19-27(35)17-25/h7-9,12-13,16-17,19,23,28-31,36,39H,5-6,10-11,14-15,18,20-22H2,1-4H3,(H,37,40)(H,38,41)/t29-,30+,31+/m0/s1. The molecule has 2 rings (SSSR count). The maximum absolute atomic E-state index is 14.0. The van der Waals surface area contributed by atoms with Gasteiger partial charge < -0.3 is 25.8 Å². The second-order valence-electron chi connectivity index (χ2n) is 11.8. The highest BCUT2D eigenvalue weighted by atomic mass is 32.2. The van der Waals surface area contributed by atoms with Crippen molar-refractivity contribution in [3.05, 3.63) is 71.3 Å². The van der Waals surface area contributed by atoms with Crippen molar-refractivity contribution < 1.29 is 36.6 Å². The number of rotatable bonds is 20. The minimum absolute atomic E-state index is 0.0556. The van der Waals surface area contributed by atoms with Gasteiger partial charge in [-0.1, -0.05) is 70.9 Å². The fourth-order valence-corrected chi connectivity index (χ4v) is 7.10. The number of amides is 2. The van der Waals surface area contributed by atoms with E-state index in [0.29, 0.717) is 43.7 Å². The molecule has 2 amide bonds. The molecule has 4 N–H and O–H groups in total. The van der Waals surface area contributed by atoms with E-state index < -0.39 is 62.7 Å². The first-order valence-corrected chi connectivity index (χ1v) is 17.4. The molecule has 0 saturated heterocycles. The third kappa shape index (κ3) is 14.3. The SMILES string of the molecule is CCCC(CCC)S(=O)(=O)C[C@@H](NC(=O)OCc1ccccc1)C(=O)N[C@@H](Cc1cc(F)cc(F)c1)[C@H](O)CNCCC(C)C. The molecule has 0 spiro atoms. The van der Waals surface area contributed by atoms with Crippen molar-refractivity contribution in [1.29, 1.82) is 0 Å². The van der Waals surface area contributed by atoms with Gasteiger partial charge >= 0.3 is 6.09 Å². The van der Waals surface area contributed by atoms with E-state index in [-0.39, 0.29) is 25.1 Å². The summed E-state index contributed by atoms with van der Waals surface area (Å²) in [6.45, 7) is 8.40. The van der Waals surface area contributed by atoms with Gasteiger partial charge in [-0.25, -0.2) is 22.0 Å². The summed E-state index contributed by atoms with van der Waals surface area (Å²) in [5, 5.41) is 18.5. The lowest BCUT2D eigenvalue weighted by molar-refractivity contribution is -0.124. The van der Waals surface area contributed by atoms with Crippen molar-refractivity contribution in [2.75, 3.05) is 18.8 Å².